The number of anilines is 1. The van der Waals surface area contributed by atoms with Crippen molar-refractivity contribution in [1.29, 1.82) is 5.26 Å². The zero-order chi connectivity index (χ0) is 12.0. The van der Waals surface area contributed by atoms with E-state index in [9.17, 15) is 4.79 Å². The van der Waals surface area contributed by atoms with Crippen molar-refractivity contribution in [3.05, 3.63) is 29.3 Å². The number of hydrogen-bond acceptors (Lipinski definition) is 3. The quantitative estimate of drug-likeness (QED) is 0.710. The first-order valence-corrected chi connectivity index (χ1v) is 5.51. The Bertz CT molecular complexity index is 407. The van der Waals surface area contributed by atoms with E-state index in [0.717, 1.165) is 31.5 Å². The number of carbonyl (C=O) groups is 1. The van der Waals surface area contributed by atoms with Crippen LogP contribution < -0.4 is 4.90 Å². The van der Waals surface area contributed by atoms with Gasteiger partial charge in [-0.25, -0.2) is 0 Å². The first-order valence-electron chi connectivity index (χ1n) is 5.51. The minimum atomic E-state index is 0.549. The summed E-state index contributed by atoms with van der Waals surface area (Å²) in [6.45, 7) is 5.95. The molecule has 0 aliphatic carbocycles. The van der Waals surface area contributed by atoms with Crippen LogP contribution in [0, 0.1) is 11.3 Å². The van der Waals surface area contributed by atoms with Crippen molar-refractivity contribution < 1.29 is 4.79 Å². The van der Waals surface area contributed by atoms with E-state index >= 15 is 0 Å². The molecule has 0 saturated carbocycles. The fourth-order valence-corrected chi connectivity index (χ4v) is 1.71. The molecule has 0 atom stereocenters. The molecule has 0 spiro atoms. The van der Waals surface area contributed by atoms with Crippen molar-refractivity contribution in [1.82, 2.24) is 0 Å². The molecule has 1 rings (SSSR count). The Hall–Kier alpha value is -1.82. The molecule has 0 unspecified atom stereocenters. The van der Waals surface area contributed by atoms with Crippen LogP contribution in [-0.2, 0) is 0 Å². The largest absolute Gasteiger partial charge is 0.371 e. The number of carbonyl (C=O) groups excluding carboxylic acids is 1. The van der Waals surface area contributed by atoms with Gasteiger partial charge in [-0.3, -0.25) is 4.79 Å². The zero-order valence-corrected chi connectivity index (χ0v) is 9.73. The second-order valence-corrected chi connectivity index (χ2v) is 3.59. The lowest BCUT2D eigenvalue weighted by molar-refractivity contribution is 0.112. The van der Waals surface area contributed by atoms with E-state index < -0.39 is 0 Å². The van der Waals surface area contributed by atoms with E-state index in [-0.39, 0.29) is 0 Å². The van der Waals surface area contributed by atoms with E-state index in [0.29, 0.717) is 11.1 Å². The molecule has 1 aromatic carbocycles. The van der Waals surface area contributed by atoms with Gasteiger partial charge < -0.3 is 4.90 Å². The van der Waals surface area contributed by atoms with E-state index in [1.807, 2.05) is 6.07 Å². The Labute approximate surface area is 96.3 Å². The highest BCUT2D eigenvalue weighted by Gasteiger charge is 2.09. The molecule has 0 amide bonds. The molecule has 1 aromatic rings. The summed E-state index contributed by atoms with van der Waals surface area (Å²) in [5.41, 5.74) is 2.03. The van der Waals surface area contributed by atoms with Gasteiger partial charge in [0.05, 0.1) is 11.3 Å². The van der Waals surface area contributed by atoms with Gasteiger partial charge in [0.2, 0.25) is 0 Å². The van der Waals surface area contributed by atoms with Crippen molar-refractivity contribution in [3.8, 4) is 6.07 Å². The maximum Gasteiger partial charge on any atom is 0.150 e. The van der Waals surface area contributed by atoms with Crippen molar-refractivity contribution in [2.24, 2.45) is 0 Å². The molecule has 0 heterocycles. The summed E-state index contributed by atoms with van der Waals surface area (Å²) >= 11 is 0. The van der Waals surface area contributed by atoms with Crippen LogP contribution in [0.4, 0.5) is 5.69 Å². The summed E-state index contributed by atoms with van der Waals surface area (Å²) in [4.78, 5) is 12.8. The standard InChI is InChI=1S/C13H16N2O/c1-3-7-15(4-2)13-6-5-11(10-16)8-12(13)9-14/h5-6,8,10H,3-4,7H2,1-2H3. The van der Waals surface area contributed by atoms with E-state index in [1.165, 1.54) is 0 Å². The second kappa shape index (κ2) is 5.92. The molecule has 16 heavy (non-hydrogen) atoms. The van der Waals surface area contributed by atoms with Crippen LogP contribution in [0.5, 0.6) is 0 Å². The minimum Gasteiger partial charge on any atom is -0.371 e. The predicted molar refractivity (Wildman–Crippen MR) is 64.7 cm³/mol. The first kappa shape index (κ1) is 12.3. The summed E-state index contributed by atoms with van der Waals surface area (Å²) in [6, 6.07) is 7.38. The molecular formula is C13H16N2O. The van der Waals surface area contributed by atoms with Crippen LogP contribution in [0.1, 0.15) is 36.2 Å². The van der Waals surface area contributed by atoms with Crippen LogP contribution in [0.2, 0.25) is 0 Å². The maximum absolute atomic E-state index is 10.6. The van der Waals surface area contributed by atoms with E-state index in [2.05, 4.69) is 24.8 Å². The molecule has 0 radical (unpaired) electrons. The van der Waals surface area contributed by atoms with Gasteiger partial charge in [-0.2, -0.15) is 5.26 Å². The fourth-order valence-electron chi connectivity index (χ4n) is 1.71. The van der Waals surface area contributed by atoms with Gasteiger partial charge in [-0.05, 0) is 31.5 Å². The molecule has 3 nitrogen and oxygen atoms in total. The smallest absolute Gasteiger partial charge is 0.150 e. The van der Waals surface area contributed by atoms with Crippen molar-refractivity contribution in [2.45, 2.75) is 20.3 Å². The molecule has 0 N–H and O–H groups in total. The van der Waals surface area contributed by atoms with Gasteiger partial charge in [-0.1, -0.05) is 6.92 Å². The van der Waals surface area contributed by atoms with Crippen LogP contribution >= 0.6 is 0 Å². The van der Waals surface area contributed by atoms with Crippen LogP contribution in [0.25, 0.3) is 0 Å². The number of aldehydes is 1. The highest BCUT2D eigenvalue weighted by molar-refractivity contribution is 5.78. The number of rotatable bonds is 5. The first-order chi connectivity index (χ1) is 7.76. The summed E-state index contributed by atoms with van der Waals surface area (Å²) in [5, 5.41) is 9.06. The van der Waals surface area contributed by atoms with Gasteiger partial charge in [0.25, 0.3) is 0 Å². The van der Waals surface area contributed by atoms with Gasteiger partial charge >= 0.3 is 0 Å². The monoisotopic (exact) mass is 216 g/mol. The SMILES string of the molecule is CCCN(CC)c1ccc(C=O)cc1C#N. The maximum atomic E-state index is 10.6. The van der Waals surface area contributed by atoms with Crippen molar-refractivity contribution >= 4 is 12.0 Å². The lowest BCUT2D eigenvalue weighted by Gasteiger charge is -2.23. The third-order valence-electron chi connectivity index (χ3n) is 2.49. The predicted octanol–water partition coefficient (Wildman–Crippen LogP) is 2.61. The normalized spacial score (nSPS) is 9.56. The molecule has 3 heteroatoms. The van der Waals surface area contributed by atoms with Crippen LogP contribution in [-0.4, -0.2) is 19.4 Å². The molecule has 0 fully saturated rings. The summed E-state index contributed by atoms with van der Waals surface area (Å²) in [5.74, 6) is 0. The van der Waals surface area contributed by atoms with E-state index in [4.69, 9.17) is 5.26 Å². The highest BCUT2D eigenvalue weighted by atomic mass is 16.1. The number of benzene rings is 1. The molecular weight excluding hydrogens is 200 g/mol. The molecule has 0 aromatic heterocycles. The topological polar surface area (TPSA) is 44.1 Å². The molecule has 0 aliphatic heterocycles. The lowest BCUT2D eigenvalue weighted by Crippen LogP contribution is -2.24. The summed E-state index contributed by atoms with van der Waals surface area (Å²) in [7, 11) is 0. The van der Waals surface area contributed by atoms with E-state index in [1.54, 1.807) is 12.1 Å². The van der Waals surface area contributed by atoms with Crippen LogP contribution in [0.15, 0.2) is 18.2 Å². The zero-order valence-electron chi connectivity index (χ0n) is 9.73. The average molecular weight is 216 g/mol. The van der Waals surface area contributed by atoms with Gasteiger partial charge in [0.15, 0.2) is 0 Å². The van der Waals surface area contributed by atoms with Gasteiger partial charge in [0.1, 0.15) is 12.4 Å². The number of nitriles is 1. The Morgan fingerprint density at radius 3 is 2.69 bits per heavy atom. The Morgan fingerprint density at radius 1 is 1.44 bits per heavy atom. The Balaban J connectivity index is 3.12. The molecule has 0 saturated heterocycles. The molecule has 0 aliphatic rings. The summed E-state index contributed by atoms with van der Waals surface area (Å²) in [6.07, 6.45) is 1.80. The number of hydrogen-bond donors (Lipinski definition) is 0. The fraction of sp³-hybridized carbons (Fsp3) is 0.385. The van der Waals surface area contributed by atoms with Crippen molar-refractivity contribution in [2.75, 3.05) is 18.0 Å². The van der Waals surface area contributed by atoms with Crippen LogP contribution in [0.3, 0.4) is 0 Å². The third kappa shape index (κ3) is 2.60. The highest BCUT2D eigenvalue weighted by Crippen LogP contribution is 2.21. The number of nitrogens with zero attached hydrogens (tertiary/aromatic N) is 2. The lowest BCUT2D eigenvalue weighted by atomic mass is 10.1. The minimum absolute atomic E-state index is 0.549. The van der Waals surface area contributed by atoms with Gasteiger partial charge in [-0.15, -0.1) is 0 Å². The molecule has 84 valence electrons. The third-order valence-corrected chi connectivity index (χ3v) is 2.49. The Kier molecular flexibility index (Phi) is 4.53. The molecule has 0 bridgehead atoms. The second-order valence-electron chi connectivity index (χ2n) is 3.59. The Morgan fingerprint density at radius 2 is 2.19 bits per heavy atom. The summed E-state index contributed by atoms with van der Waals surface area (Å²) < 4.78 is 0. The van der Waals surface area contributed by atoms with Crippen molar-refractivity contribution in [3.63, 3.8) is 0 Å². The van der Waals surface area contributed by atoms with Gasteiger partial charge in [0, 0.05) is 18.7 Å². The average Bonchev–Trinajstić information content (AvgIpc) is 2.35.